The Balaban J connectivity index is 2.31. The Labute approximate surface area is 104 Å². The summed E-state index contributed by atoms with van der Waals surface area (Å²) in [6.45, 7) is 0.0420. The van der Waals surface area contributed by atoms with Gasteiger partial charge >= 0.3 is 0 Å². The molecule has 1 N–H and O–H groups in total. The minimum absolute atomic E-state index is 0.0420. The fraction of sp³-hybridized carbons (Fsp3) is 0.143. The van der Waals surface area contributed by atoms with Gasteiger partial charge in [0.05, 0.1) is 17.8 Å². The lowest BCUT2D eigenvalue weighted by Crippen LogP contribution is -2.33. The molecule has 90 valence electrons. The number of nitrogens with one attached hydrogen (secondary N) is 1. The van der Waals surface area contributed by atoms with E-state index in [1.807, 2.05) is 36.4 Å². The van der Waals surface area contributed by atoms with Gasteiger partial charge in [0.2, 0.25) is 5.91 Å². The summed E-state index contributed by atoms with van der Waals surface area (Å²) in [6.07, 6.45) is 0. The van der Waals surface area contributed by atoms with Crippen molar-refractivity contribution in [2.45, 2.75) is 0 Å². The zero-order chi connectivity index (χ0) is 12.7. The molecule has 18 heavy (non-hydrogen) atoms. The smallest absolute Gasteiger partial charge is 0.253 e. The molecule has 1 heterocycles. The molecule has 0 radical (unpaired) electrons. The molecule has 0 fully saturated rings. The minimum Gasteiger partial charge on any atom is -0.343 e. The van der Waals surface area contributed by atoms with Crippen molar-refractivity contribution >= 4 is 28.3 Å². The van der Waals surface area contributed by atoms with E-state index in [-0.39, 0.29) is 18.4 Å². The van der Waals surface area contributed by atoms with E-state index in [0.717, 1.165) is 10.8 Å². The predicted octanol–water partition coefficient (Wildman–Crippen LogP) is 1.55. The van der Waals surface area contributed by atoms with E-state index in [4.69, 9.17) is 0 Å². The molecule has 3 rings (SSSR count). The second kappa shape index (κ2) is 3.84. The molecular formula is C14H12N2O2. The Morgan fingerprint density at radius 2 is 1.78 bits per heavy atom. The number of nitrogens with zero attached hydrogens (tertiary/aromatic N) is 1. The number of carbonyl (C=O) groups excluding carboxylic acids is 2. The van der Waals surface area contributed by atoms with Gasteiger partial charge < -0.3 is 10.2 Å². The normalized spacial score (nSPS) is 15.3. The van der Waals surface area contributed by atoms with Gasteiger partial charge in [-0.05, 0) is 22.9 Å². The van der Waals surface area contributed by atoms with Crippen molar-refractivity contribution in [3.05, 3.63) is 42.0 Å². The number of hydrogen-bond acceptors (Lipinski definition) is 2. The highest BCUT2D eigenvalue weighted by molar-refractivity contribution is 6.12. The van der Waals surface area contributed by atoms with Crippen molar-refractivity contribution in [2.75, 3.05) is 18.5 Å². The molecule has 0 saturated heterocycles. The molecule has 0 bridgehead atoms. The molecule has 2 amide bonds. The molecule has 0 aromatic heterocycles. The van der Waals surface area contributed by atoms with E-state index in [9.17, 15) is 9.59 Å². The van der Waals surface area contributed by atoms with Crippen LogP contribution >= 0.6 is 0 Å². The molecule has 0 atom stereocenters. The fourth-order valence-electron chi connectivity index (χ4n) is 2.19. The first-order chi connectivity index (χ1) is 8.66. The number of carbonyl (C=O) groups is 2. The second-order valence-electron chi connectivity index (χ2n) is 4.35. The van der Waals surface area contributed by atoms with Crippen LogP contribution < -0.4 is 10.2 Å². The van der Waals surface area contributed by atoms with Gasteiger partial charge in [-0.1, -0.05) is 24.3 Å². The number of fused-ring (bicyclic) bond motifs is 2. The average molecular weight is 240 g/mol. The first-order valence-electron chi connectivity index (χ1n) is 5.74. The Kier molecular flexibility index (Phi) is 2.30. The summed E-state index contributed by atoms with van der Waals surface area (Å²) in [5.74, 6) is -0.314. The fourth-order valence-corrected chi connectivity index (χ4v) is 2.19. The van der Waals surface area contributed by atoms with Crippen LogP contribution in [-0.2, 0) is 4.79 Å². The van der Waals surface area contributed by atoms with Gasteiger partial charge in [-0.2, -0.15) is 0 Å². The van der Waals surface area contributed by atoms with Gasteiger partial charge in [0.15, 0.2) is 0 Å². The van der Waals surface area contributed by atoms with Crippen LogP contribution in [0.15, 0.2) is 36.4 Å². The maximum atomic E-state index is 12.0. The first kappa shape index (κ1) is 10.8. The largest absolute Gasteiger partial charge is 0.343 e. The van der Waals surface area contributed by atoms with Crippen molar-refractivity contribution in [1.29, 1.82) is 0 Å². The molecule has 2 aromatic rings. The van der Waals surface area contributed by atoms with Gasteiger partial charge in [-0.3, -0.25) is 9.59 Å². The lowest BCUT2D eigenvalue weighted by atomic mass is 10.0. The summed E-state index contributed by atoms with van der Waals surface area (Å²) in [6, 6.07) is 11.5. The minimum atomic E-state index is -0.201. The van der Waals surface area contributed by atoms with Crippen molar-refractivity contribution < 1.29 is 9.59 Å². The quantitative estimate of drug-likeness (QED) is 0.759. The number of amides is 2. The van der Waals surface area contributed by atoms with Crippen LogP contribution in [0.2, 0.25) is 0 Å². The van der Waals surface area contributed by atoms with Gasteiger partial charge in [0, 0.05) is 7.05 Å². The number of likely N-dealkylation sites (N-methyl/N-ethyl adjacent to an activating group) is 1. The van der Waals surface area contributed by atoms with E-state index in [1.165, 1.54) is 4.90 Å². The summed E-state index contributed by atoms with van der Waals surface area (Å²) >= 11 is 0. The summed E-state index contributed by atoms with van der Waals surface area (Å²) in [4.78, 5) is 25.2. The maximum absolute atomic E-state index is 12.0. The third kappa shape index (κ3) is 1.54. The van der Waals surface area contributed by atoms with E-state index in [1.54, 1.807) is 7.05 Å². The monoisotopic (exact) mass is 240 g/mol. The molecule has 4 heteroatoms. The van der Waals surface area contributed by atoms with Crippen LogP contribution in [0.1, 0.15) is 10.4 Å². The average Bonchev–Trinajstić information content (AvgIpc) is 2.50. The van der Waals surface area contributed by atoms with Gasteiger partial charge in [-0.25, -0.2) is 0 Å². The summed E-state index contributed by atoms with van der Waals surface area (Å²) in [7, 11) is 1.69. The van der Waals surface area contributed by atoms with E-state index in [2.05, 4.69) is 5.32 Å². The van der Waals surface area contributed by atoms with Crippen LogP contribution in [0.4, 0.5) is 5.69 Å². The highest BCUT2D eigenvalue weighted by atomic mass is 16.2. The molecule has 1 aliphatic rings. The van der Waals surface area contributed by atoms with E-state index < -0.39 is 0 Å². The van der Waals surface area contributed by atoms with Crippen molar-refractivity contribution in [3.63, 3.8) is 0 Å². The summed E-state index contributed by atoms with van der Waals surface area (Å²) < 4.78 is 0. The van der Waals surface area contributed by atoms with Crippen LogP contribution in [0.3, 0.4) is 0 Å². The molecule has 1 aliphatic heterocycles. The molecule has 4 nitrogen and oxygen atoms in total. The van der Waals surface area contributed by atoms with Crippen molar-refractivity contribution in [1.82, 2.24) is 5.32 Å². The van der Waals surface area contributed by atoms with Crippen LogP contribution in [0.5, 0.6) is 0 Å². The Hall–Kier alpha value is -2.36. The van der Waals surface area contributed by atoms with Crippen LogP contribution in [0, 0.1) is 0 Å². The van der Waals surface area contributed by atoms with Crippen LogP contribution in [-0.4, -0.2) is 25.4 Å². The zero-order valence-electron chi connectivity index (χ0n) is 9.93. The zero-order valence-corrected chi connectivity index (χ0v) is 9.93. The van der Waals surface area contributed by atoms with E-state index in [0.29, 0.717) is 11.3 Å². The third-order valence-electron chi connectivity index (χ3n) is 3.24. The molecule has 0 spiro atoms. The third-order valence-corrected chi connectivity index (χ3v) is 3.24. The highest BCUT2D eigenvalue weighted by Gasteiger charge is 2.23. The number of benzene rings is 2. The highest BCUT2D eigenvalue weighted by Crippen LogP contribution is 2.27. The lowest BCUT2D eigenvalue weighted by Gasteiger charge is -2.16. The van der Waals surface area contributed by atoms with Crippen molar-refractivity contribution in [2.24, 2.45) is 0 Å². The lowest BCUT2D eigenvalue weighted by molar-refractivity contribution is -0.117. The number of hydrogen-bond donors (Lipinski definition) is 1. The number of anilines is 1. The first-order valence-corrected chi connectivity index (χ1v) is 5.74. The molecule has 2 aromatic carbocycles. The Morgan fingerprint density at radius 1 is 1.11 bits per heavy atom. The topological polar surface area (TPSA) is 49.4 Å². The SMILES string of the molecule is CN1C(=O)CNC(=O)c2cc3ccccc3cc21. The second-order valence-corrected chi connectivity index (χ2v) is 4.35. The molecule has 0 unspecified atom stereocenters. The van der Waals surface area contributed by atoms with Gasteiger partial charge in [0.1, 0.15) is 0 Å². The summed E-state index contributed by atoms with van der Waals surface area (Å²) in [5, 5.41) is 4.63. The Bertz CT molecular complexity index is 664. The predicted molar refractivity (Wildman–Crippen MR) is 69.7 cm³/mol. The van der Waals surface area contributed by atoms with E-state index >= 15 is 0 Å². The molecule has 0 saturated carbocycles. The van der Waals surface area contributed by atoms with Crippen molar-refractivity contribution in [3.8, 4) is 0 Å². The molecule has 0 aliphatic carbocycles. The Morgan fingerprint density at radius 3 is 2.50 bits per heavy atom. The van der Waals surface area contributed by atoms with Gasteiger partial charge in [-0.15, -0.1) is 0 Å². The molecular weight excluding hydrogens is 228 g/mol. The van der Waals surface area contributed by atoms with Crippen LogP contribution in [0.25, 0.3) is 10.8 Å². The maximum Gasteiger partial charge on any atom is 0.253 e. The summed E-state index contributed by atoms with van der Waals surface area (Å²) in [5.41, 5.74) is 1.20. The number of rotatable bonds is 0. The van der Waals surface area contributed by atoms with Gasteiger partial charge in [0.25, 0.3) is 5.91 Å². The standard InChI is InChI=1S/C14H12N2O2/c1-16-12-7-10-5-3-2-4-9(10)6-11(12)14(18)15-8-13(16)17/h2-7H,8H2,1H3,(H,15,18).